The highest BCUT2D eigenvalue weighted by atomic mass is 32.2. The SMILES string of the molecule is CC(C)CC(=O)N1CCC(NC(=O)c2cccnc2SCC(=O)Nc2ccc3c(c2)OCO3)CC1. The number of likely N-dealkylation sites (tertiary alicyclic amines) is 1. The topological polar surface area (TPSA) is 110 Å². The maximum Gasteiger partial charge on any atom is 0.254 e. The number of piperidine rings is 1. The van der Waals surface area contributed by atoms with Crippen LogP contribution in [0.5, 0.6) is 11.5 Å². The van der Waals surface area contributed by atoms with Crippen LogP contribution in [0.15, 0.2) is 41.6 Å². The molecular formula is C25H30N4O5S. The summed E-state index contributed by atoms with van der Waals surface area (Å²) in [7, 11) is 0. The molecule has 3 amide bonds. The molecule has 1 saturated heterocycles. The Morgan fingerprint density at radius 2 is 1.91 bits per heavy atom. The number of thioether (sulfide) groups is 1. The van der Waals surface area contributed by atoms with Crippen LogP contribution in [-0.4, -0.2) is 59.3 Å². The molecule has 35 heavy (non-hydrogen) atoms. The number of hydrogen-bond acceptors (Lipinski definition) is 7. The van der Waals surface area contributed by atoms with Crippen LogP contribution in [-0.2, 0) is 9.59 Å². The molecule has 2 N–H and O–H groups in total. The van der Waals surface area contributed by atoms with E-state index in [0.717, 1.165) is 12.8 Å². The quantitative estimate of drug-likeness (QED) is 0.538. The molecule has 0 aliphatic carbocycles. The molecular weight excluding hydrogens is 468 g/mol. The first kappa shape index (κ1) is 24.8. The number of aromatic nitrogens is 1. The average molecular weight is 499 g/mol. The van der Waals surface area contributed by atoms with Crippen molar-refractivity contribution in [1.29, 1.82) is 0 Å². The molecule has 0 saturated carbocycles. The summed E-state index contributed by atoms with van der Waals surface area (Å²) < 4.78 is 10.6. The molecule has 10 heteroatoms. The van der Waals surface area contributed by atoms with Gasteiger partial charge in [0, 0.05) is 43.5 Å². The summed E-state index contributed by atoms with van der Waals surface area (Å²) >= 11 is 1.21. The van der Waals surface area contributed by atoms with Crippen LogP contribution in [0.4, 0.5) is 5.69 Å². The van der Waals surface area contributed by atoms with Gasteiger partial charge in [0.15, 0.2) is 11.5 Å². The minimum absolute atomic E-state index is 0.00189. The lowest BCUT2D eigenvalue weighted by Crippen LogP contribution is -2.46. The van der Waals surface area contributed by atoms with Crippen molar-refractivity contribution < 1.29 is 23.9 Å². The number of anilines is 1. The van der Waals surface area contributed by atoms with Gasteiger partial charge in [-0.2, -0.15) is 0 Å². The number of rotatable bonds is 8. The van der Waals surface area contributed by atoms with Crippen LogP contribution in [0, 0.1) is 5.92 Å². The van der Waals surface area contributed by atoms with Crippen molar-refractivity contribution in [1.82, 2.24) is 15.2 Å². The molecule has 2 aliphatic rings. The van der Waals surface area contributed by atoms with E-state index in [1.54, 1.807) is 36.5 Å². The second-order valence-electron chi connectivity index (χ2n) is 8.99. The number of carbonyl (C=O) groups excluding carboxylic acids is 3. The lowest BCUT2D eigenvalue weighted by molar-refractivity contribution is -0.133. The van der Waals surface area contributed by atoms with Crippen LogP contribution in [0.1, 0.15) is 43.5 Å². The molecule has 1 fully saturated rings. The molecule has 1 aromatic carbocycles. The van der Waals surface area contributed by atoms with Crippen LogP contribution < -0.4 is 20.1 Å². The zero-order chi connectivity index (χ0) is 24.8. The lowest BCUT2D eigenvalue weighted by atomic mass is 10.0. The van der Waals surface area contributed by atoms with Gasteiger partial charge in [-0.1, -0.05) is 25.6 Å². The zero-order valence-corrected chi connectivity index (χ0v) is 20.7. The molecule has 2 aliphatic heterocycles. The Morgan fingerprint density at radius 1 is 1.14 bits per heavy atom. The van der Waals surface area contributed by atoms with Crippen LogP contribution in [0.25, 0.3) is 0 Å². The molecule has 0 atom stereocenters. The highest BCUT2D eigenvalue weighted by Gasteiger charge is 2.25. The van der Waals surface area contributed by atoms with E-state index in [2.05, 4.69) is 15.6 Å². The van der Waals surface area contributed by atoms with Gasteiger partial charge in [0.1, 0.15) is 5.03 Å². The van der Waals surface area contributed by atoms with Crippen molar-refractivity contribution in [3.8, 4) is 11.5 Å². The van der Waals surface area contributed by atoms with E-state index in [0.29, 0.717) is 53.2 Å². The smallest absolute Gasteiger partial charge is 0.254 e. The number of benzene rings is 1. The van der Waals surface area contributed by atoms with Crippen molar-refractivity contribution in [3.63, 3.8) is 0 Å². The third-order valence-corrected chi connectivity index (χ3v) is 6.78. The van der Waals surface area contributed by atoms with E-state index in [9.17, 15) is 14.4 Å². The normalized spacial score (nSPS) is 15.2. The number of hydrogen-bond donors (Lipinski definition) is 2. The molecule has 0 radical (unpaired) electrons. The maximum absolute atomic E-state index is 13.0. The fraction of sp³-hybridized carbons (Fsp3) is 0.440. The summed E-state index contributed by atoms with van der Waals surface area (Å²) in [5.74, 6) is 1.41. The molecule has 4 rings (SSSR count). The molecule has 1 aromatic heterocycles. The Balaban J connectivity index is 1.28. The second kappa shape index (κ2) is 11.4. The predicted molar refractivity (Wildman–Crippen MR) is 133 cm³/mol. The average Bonchev–Trinajstić information content (AvgIpc) is 3.31. The first-order chi connectivity index (χ1) is 16.9. The van der Waals surface area contributed by atoms with E-state index in [4.69, 9.17) is 9.47 Å². The van der Waals surface area contributed by atoms with E-state index in [-0.39, 0.29) is 36.3 Å². The molecule has 0 spiro atoms. The van der Waals surface area contributed by atoms with E-state index in [1.165, 1.54) is 11.8 Å². The van der Waals surface area contributed by atoms with E-state index >= 15 is 0 Å². The number of ether oxygens (including phenoxy) is 2. The molecule has 3 heterocycles. The Kier molecular flexibility index (Phi) is 8.12. The highest BCUT2D eigenvalue weighted by Crippen LogP contribution is 2.34. The third kappa shape index (κ3) is 6.66. The van der Waals surface area contributed by atoms with Gasteiger partial charge < -0.3 is 25.0 Å². The summed E-state index contributed by atoms with van der Waals surface area (Å²) in [4.78, 5) is 43.9. The number of nitrogens with one attached hydrogen (secondary N) is 2. The van der Waals surface area contributed by atoms with Gasteiger partial charge in [-0.3, -0.25) is 14.4 Å². The van der Waals surface area contributed by atoms with Gasteiger partial charge in [-0.25, -0.2) is 4.98 Å². The third-order valence-electron chi connectivity index (χ3n) is 5.78. The summed E-state index contributed by atoms with van der Waals surface area (Å²) in [6.45, 7) is 5.53. The molecule has 186 valence electrons. The van der Waals surface area contributed by atoms with Gasteiger partial charge in [-0.15, -0.1) is 0 Å². The first-order valence-corrected chi connectivity index (χ1v) is 12.7. The minimum Gasteiger partial charge on any atom is -0.454 e. The van der Waals surface area contributed by atoms with Crippen LogP contribution >= 0.6 is 11.8 Å². The second-order valence-corrected chi connectivity index (χ2v) is 9.95. The highest BCUT2D eigenvalue weighted by molar-refractivity contribution is 8.00. The largest absolute Gasteiger partial charge is 0.454 e. The van der Waals surface area contributed by atoms with Crippen LogP contribution in [0.2, 0.25) is 0 Å². The fourth-order valence-electron chi connectivity index (χ4n) is 4.00. The Labute approximate surface area is 208 Å². The number of nitrogens with zero attached hydrogens (tertiary/aromatic N) is 2. The Hall–Kier alpha value is -3.27. The lowest BCUT2D eigenvalue weighted by Gasteiger charge is -2.33. The summed E-state index contributed by atoms with van der Waals surface area (Å²) in [6, 6.07) is 8.62. The van der Waals surface area contributed by atoms with Gasteiger partial charge in [-0.05, 0) is 43.0 Å². The fourth-order valence-corrected chi connectivity index (χ4v) is 4.79. The maximum atomic E-state index is 13.0. The first-order valence-electron chi connectivity index (χ1n) is 11.7. The predicted octanol–water partition coefficient (Wildman–Crippen LogP) is 3.31. The summed E-state index contributed by atoms with van der Waals surface area (Å²) in [5, 5.41) is 6.39. The van der Waals surface area contributed by atoms with Crippen molar-refractivity contribution >= 4 is 35.2 Å². The minimum atomic E-state index is -0.219. The molecule has 0 unspecified atom stereocenters. The summed E-state index contributed by atoms with van der Waals surface area (Å²) in [6.07, 6.45) is 3.59. The van der Waals surface area contributed by atoms with Crippen molar-refractivity contribution in [2.45, 2.75) is 44.2 Å². The van der Waals surface area contributed by atoms with E-state index in [1.807, 2.05) is 18.7 Å². The van der Waals surface area contributed by atoms with Crippen molar-refractivity contribution in [2.24, 2.45) is 5.92 Å². The number of amides is 3. The number of pyridine rings is 1. The zero-order valence-electron chi connectivity index (χ0n) is 19.9. The van der Waals surface area contributed by atoms with Gasteiger partial charge in [0.25, 0.3) is 5.91 Å². The van der Waals surface area contributed by atoms with Gasteiger partial charge in [0.05, 0.1) is 11.3 Å². The monoisotopic (exact) mass is 498 g/mol. The van der Waals surface area contributed by atoms with Gasteiger partial charge in [0.2, 0.25) is 18.6 Å². The van der Waals surface area contributed by atoms with Crippen molar-refractivity contribution in [3.05, 3.63) is 42.1 Å². The standard InChI is InChI=1S/C25H30N4O5S/c1-16(2)12-23(31)29-10-7-17(8-11-29)28-24(32)19-4-3-9-26-25(19)35-14-22(30)27-18-5-6-20-21(13-18)34-15-33-20/h3-6,9,13,16-17H,7-8,10-12,14-15H2,1-2H3,(H,27,30)(H,28,32). The Bertz CT molecular complexity index is 1090. The molecule has 9 nitrogen and oxygen atoms in total. The van der Waals surface area contributed by atoms with Crippen LogP contribution in [0.3, 0.4) is 0 Å². The van der Waals surface area contributed by atoms with E-state index < -0.39 is 0 Å². The Morgan fingerprint density at radius 3 is 2.69 bits per heavy atom. The molecule has 2 aromatic rings. The number of fused-ring (bicyclic) bond motifs is 1. The molecule has 0 bridgehead atoms. The summed E-state index contributed by atoms with van der Waals surface area (Å²) in [5.41, 5.74) is 1.05. The number of carbonyl (C=O) groups is 3. The van der Waals surface area contributed by atoms with Gasteiger partial charge >= 0.3 is 0 Å². The van der Waals surface area contributed by atoms with Crippen molar-refractivity contribution in [2.75, 3.05) is 31.0 Å².